The highest BCUT2D eigenvalue weighted by molar-refractivity contribution is 5.92. The van der Waals surface area contributed by atoms with Crippen LogP contribution < -0.4 is 4.90 Å². The molecule has 0 spiro atoms. The zero-order chi connectivity index (χ0) is 18.1. The van der Waals surface area contributed by atoms with Crippen molar-refractivity contribution < 1.29 is 9.59 Å². The third-order valence-corrected chi connectivity index (χ3v) is 5.67. The van der Waals surface area contributed by atoms with E-state index in [1.54, 1.807) is 18.5 Å². The van der Waals surface area contributed by atoms with Crippen LogP contribution in [0.25, 0.3) is 0 Å². The molecule has 0 N–H and O–H groups in total. The summed E-state index contributed by atoms with van der Waals surface area (Å²) in [6.07, 6.45) is 4.18. The predicted molar refractivity (Wildman–Crippen MR) is 96.5 cm³/mol. The number of aromatic nitrogens is 2. The lowest BCUT2D eigenvalue weighted by Gasteiger charge is -2.35. The number of carbonyl (C=O) groups is 2. The molecule has 2 unspecified atom stereocenters. The molecule has 140 valence electrons. The molecule has 2 saturated heterocycles. The molecule has 1 aliphatic carbocycles. The SMILES string of the molecule is CN1CCN(C(=O)C2CC2C(=O)N2CCN(c3ncccn3)CC2)CC1. The number of likely N-dealkylation sites (N-methyl/N-ethyl adjacent to an activating group) is 1. The molecular weight excluding hydrogens is 332 g/mol. The van der Waals surface area contributed by atoms with Crippen molar-refractivity contribution >= 4 is 17.8 Å². The van der Waals surface area contributed by atoms with Gasteiger partial charge in [0, 0.05) is 64.8 Å². The Kier molecular flexibility index (Phi) is 4.76. The fourth-order valence-electron chi connectivity index (χ4n) is 3.82. The molecule has 26 heavy (non-hydrogen) atoms. The number of piperazine rings is 2. The van der Waals surface area contributed by atoms with Gasteiger partial charge in [0.2, 0.25) is 17.8 Å². The number of hydrogen-bond acceptors (Lipinski definition) is 6. The van der Waals surface area contributed by atoms with Gasteiger partial charge in [-0.15, -0.1) is 0 Å². The van der Waals surface area contributed by atoms with E-state index in [9.17, 15) is 9.59 Å². The summed E-state index contributed by atoms with van der Waals surface area (Å²) >= 11 is 0. The Balaban J connectivity index is 1.27. The molecule has 2 aliphatic heterocycles. The first-order chi connectivity index (χ1) is 12.6. The second kappa shape index (κ2) is 7.19. The van der Waals surface area contributed by atoms with Gasteiger partial charge in [-0.25, -0.2) is 9.97 Å². The molecule has 2 atom stereocenters. The summed E-state index contributed by atoms with van der Waals surface area (Å²) in [5.41, 5.74) is 0. The molecule has 1 aromatic heterocycles. The highest BCUT2D eigenvalue weighted by Crippen LogP contribution is 2.41. The van der Waals surface area contributed by atoms with Crippen LogP contribution in [-0.2, 0) is 9.59 Å². The lowest BCUT2D eigenvalue weighted by atomic mass is 10.2. The van der Waals surface area contributed by atoms with E-state index in [0.29, 0.717) is 25.5 Å². The smallest absolute Gasteiger partial charge is 0.226 e. The average molecular weight is 358 g/mol. The van der Waals surface area contributed by atoms with Crippen LogP contribution in [0.3, 0.4) is 0 Å². The molecule has 0 radical (unpaired) electrons. The number of anilines is 1. The summed E-state index contributed by atoms with van der Waals surface area (Å²) in [6.45, 7) is 6.21. The normalized spacial score (nSPS) is 26.7. The quantitative estimate of drug-likeness (QED) is 0.728. The van der Waals surface area contributed by atoms with Crippen LogP contribution in [0.5, 0.6) is 0 Å². The largest absolute Gasteiger partial charge is 0.340 e. The molecule has 0 bridgehead atoms. The van der Waals surface area contributed by atoms with Crippen LogP contribution in [0.1, 0.15) is 6.42 Å². The lowest BCUT2D eigenvalue weighted by Crippen LogP contribution is -2.50. The van der Waals surface area contributed by atoms with E-state index in [-0.39, 0.29) is 23.7 Å². The van der Waals surface area contributed by atoms with Crippen LogP contribution in [-0.4, -0.2) is 95.9 Å². The highest BCUT2D eigenvalue weighted by atomic mass is 16.2. The maximum absolute atomic E-state index is 12.8. The Hall–Kier alpha value is -2.22. The minimum absolute atomic E-state index is 0.0959. The van der Waals surface area contributed by atoms with Gasteiger partial charge < -0.3 is 19.6 Å². The van der Waals surface area contributed by atoms with Crippen LogP contribution >= 0.6 is 0 Å². The maximum Gasteiger partial charge on any atom is 0.226 e. The Morgan fingerprint density at radius 3 is 1.88 bits per heavy atom. The topological polar surface area (TPSA) is 72.9 Å². The molecule has 3 heterocycles. The number of hydrogen-bond donors (Lipinski definition) is 0. The third-order valence-electron chi connectivity index (χ3n) is 5.67. The second-order valence-electron chi connectivity index (χ2n) is 7.44. The van der Waals surface area contributed by atoms with E-state index in [1.165, 1.54) is 0 Å². The van der Waals surface area contributed by atoms with Gasteiger partial charge in [0.25, 0.3) is 0 Å². The molecular formula is C18H26N6O2. The van der Waals surface area contributed by atoms with Gasteiger partial charge in [0.1, 0.15) is 0 Å². The standard InChI is InChI=1S/C18H26N6O2/c1-21-5-7-22(8-6-21)16(25)14-13-15(14)17(26)23-9-11-24(12-10-23)18-19-3-2-4-20-18/h2-4,14-15H,5-13H2,1H3. The van der Waals surface area contributed by atoms with Crippen molar-refractivity contribution in [2.45, 2.75) is 6.42 Å². The van der Waals surface area contributed by atoms with Crippen molar-refractivity contribution in [3.63, 3.8) is 0 Å². The van der Waals surface area contributed by atoms with E-state index in [1.807, 2.05) is 9.80 Å². The van der Waals surface area contributed by atoms with Gasteiger partial charge in [-0.1, -0.05) is 0 Å². The summed E-state index contributed by atoms with van der Waals surface area (Å²) in [7, 11) is 2.07. The van der Waals surface area contributed by atoms with Gasteiger partial charge in [-0.3, -0.25) is 9.59 Å². The van der Waals surface area contributed by atoms with Crippen molar-refractivity contribution in [1.29, 1.82) is 0 Å². The van der Waals surface area contributed by atoms with E-state index in [4.69, 9.17) is 0 Å². The molecule has 8 nitrogen and oxygen atoms in total. The summed E-state index contributed by atoms with van der Waals surface area (Å²) in [4.78, 5) is 42.1. The van der Waals surface area contributed by atoms with Gasteiger partial charge in [-0.05, 0) is 19.5 Å². The molecule has 1 saturated carbocycles. The van der Waals surface area contributed by atoms with Gasteiger partial charge >= 0.3 is 0 Å². The average Bonchev–Trinajstić information content (AvgIpc) is 3.49. The highest BCUT2D eigenvalue weighted by Gasteiger charge is 2.51. The first-order valence-electron chi connectivity index (χ1n) is 9.41. The van der Waals surface area contributed by atoms with Crippen molar-refractivity contribution in [2.24, 2.45) is 11.8 Å². The van der Waals surface area contributed by atoms with Crippen LogP contribution in [0, 0.1) is 11.8 Å². The third kappa shape index (κ3) is 3.51. The van der Waals surface area contributed by atoms with Gasteiger partial charge in [0.15, 0.2) is 0 Å². The van der Waals surface area contributed by atoms with Crippen LogP contribution in [0.2, 0.25) is 0 Å². The van der Waals surface area contributed by atoms with E-state index in [2.05, 4.69) is 26.8 Å². The Morgan fingerprint density at radius 1 is 0.846 bits per heavy atom. The Bertz CT molecular complexity index is 653. The summed E-state index contributed by atoms with van der Waals surface area (Å²) < 4.78 is 0. The number of carbonyl (C=O) groups excluding carboxylic acids is 2. The zero-order valence-corrected chi connectivity index (χ0v) is 15.3. The van der Waals surface area contributed by atoms with Crippen LogP contribution in [0.15, 0.2) is 18.5 Å². The van der Waals surface area contributed by atoms with Crippen molar-refractivity contribution in [3.8, 4) is 0 Å². The van der Waals surface area contributed by atoms with E-state index < -0.39 is 0 Å². The monoisotopic (exact) mass is 358 g/mol. The predicted octanol–water partition coefficient (Wildman–Crippen LogP) is -0.465. The summed E-state index contributed by atoms with van der Waals surface area (Å²) in [6, 6.07) is 1.80. The van der Waals surface area contributed by atoms with Gasteiger partial charge in [-0.2, -0.15) is 0 Å². The van der Waals surface area contributed by atoms with Crippen molar-refractivity contribution in [2.75, 3.05) is 64.3 Å². The Morgan fingerprint density at radius 2 is 1.35 bits per heavy atom. The Labute approximate surface area is 153 Å². The zero-order valence-electron chi connectivity index (χ0n) is 15.3. The summed E-state index contributed by atoms with van der Waals surface area (Å²) in [5, 5.41) is 0. The second-order valence-corrected chi connectivity index (χ2v) is 7.44. The molecule has 3 fully saturated rings. The fraction of sp³-hybridized carbons (Fsp3) is 0.667. The van der Waals surface area contributed by atoms with E-state index >= 15 is 0 Å². The van der Waals surface area contributed by atoms with Crippen molar-refractivity contribution in [3.05, 3.63) is 18.5 Å². The molecule has 4 rings (SSSR count). The lowest BCUT2D eigenvalue weighted by molar-refractivity contribution is -0.139. The van der Waals surface area contributed by atoms with Crippen LogP contribution in [0.4, 0.5) is 5.95 Å². The van der Waals surface area contributed by atoms with E-state index in [0.717, 1.165) is 39.3 Å². The molecule has 0 aromatic carbocycles. The molecule has 2 amide bonds. The molecule has 8 heteroatoms. The molecule has 1 aromatic rings. The first-order valence-corrected chi connectivity index (χ1v) is 9.41. The minimum atomic E-state index is -0.110. The maximum atomic E-state index is 12.8. The molecule has 3 aliphatic rings. The number of rotatable bonds is 3. The van der Waals surface area contributed by atoms with Crippen molar-refractivity contribution in [1.82, 2.24) is 24.7 Å². The number of amides is 2. The summed E-state index contributed by atoms with van der Waals surface area (Å²) in [5.74, 6) is 0.830. The minimum Gasteiger partial charge on any atom is -0.340 e. The first kappa shape index (κ1) is 17.2. The fourth-order valence-corrected chi connectivity index (χ4v) is 3.82. The van der Waals surface area contributed by atoms with Gasteiger partial charge in [0.05, 0.1) is 11.8 Å². The number of nitrogens with zero attached hydrogens (tertiary/aromatic N) is 6.